The number of carbonyl (C=O) groups excluding carboxylic acids is 1. The number of hydroxylamine groups is 2. The third-order valence-electron chi connectivity index (χ3n) is 8.43. The van der Waals surface area contributed by atoms with E-state index in [-0.39, 0.29) is 18.5 Å². The molecular weight excluding hydrogens is 512 g/mol. The lowest BCUT2D eigenvalue weighted by Crippen LogP contribution is -2.62. The van der Waals surface area contributed by atoms with Gasteiger partial charge < -0.3 is 20.3 Å². The van der Waals surface area contributed by atoms with Gasteiger partial charge in [0, 0.05) is 16.6 Å². The molecule has 2 bridgehead atoms. The third kappa shape index (κ3) is 4.32. The number of ether oxygens (including phenoxy) is 1. The first-order valence-corrected chi connectivity index (χ1v) is 12.7. The summed E-state index contributed by atoms with van der Waals surface area (Å²) in [5, 5.41) is 26.1. The van der Waals surface area contributed by atoms with Crippen molar-refractivity contribution in [3.8, 4) is 5.75 Å². The molecule has 4 aliphatic rings. The topological polar surface area (TPSA) is 91.3 Å². The fourth-order valence-corrected chi connectivity index (χ4v) is 7.02. The van der Waals surface area contributed by atoms with Crippen LogP contribution in [-0.2, 0) is 16.2 Å². The van der Waals surface area contributed by atoms with Crippen LogP contribution in [0.4, 0.5) is 0 Å². The Labute approximate surface area is 208 Å². The van der Waals surface area contributed by atoms with Crippen molar-refractivity contribution in [2.24, 2.45) is 29.1 Å². The minimum Gasteiger partial charge on any atom is -0.495 e. The number of aliphatic hydroxyl groups excluding tert-OH is 2. The van der Waals surface area contributed by atoms with Crippen LogP contribution in [0.1, 0.15) is 46.1 Å². The number of carbonyl (C=O) groups is 1. The molecule has 5 rings (SSSR count). The summed E-state index contributed by atoms with van der Waals surface area (Å²) in [6.45, 7) is 8.53. The molecule has 33 heavy (non-hydrogen) atoms. The number of fused-ring (bicyclic) bond motifs is 2. The molecule has 0 radical (unpaired) electrons. The summed E-state index contributed by atoms with van der Waals surface area (Å²) in [6.07, 6.45) is -0.0995. The summed E-state index contributed by atoms with van der Waals surface area (Å²) in [6, 6.07) is 2.70. The lowest BCUT2D eigenvalue weighted by Gasteiger charge is -2.62. The zero-order chi connectivity index (χ0) is 24.2. The molecule has 1 saturated heterocycles. The Hall–Kier alpha value is -0.900. The first kappa shape index (κ1) is 25.2. The van der Waals surface area contributed by atoms with E-state index in [1.807, 2.05) is 0 Å². The number of rotatable bonds is 6. The van der Waals surface area contributed by atoms with Crippen LogP contribution in [0.2, 0.25) is 5.02 Å². The maximum Gasteiger partial charge on any atom is 0.240 e. The van der Waals surface area contributed by atoms with Gasteiger partial charge in [-0.2, -0.15) is 5.06 Å². The predicted molar refractivity (Wildman–Crippen MR) is 128 cm³/mol. The first-order valence-electron chi connectivity index (χ1n) is 11.6. The Morgan fingerprint density at radius 2 is 2.12 bits per heavy atom. The fraction of sp³-hybridized carbons (Fsp3) is 0.708. The smallest absolute Gasteiger partial charge is 0.240 e. The average Bonchev–Trinajstić information content (AvgIpc) is 3.08. The zero-order valence-electron chi connectivity index (χ0n) is 19.7. The van der Waals surface area contributed by atoms with Crippen LogP contribution in [-0.4, -0.2) is 52.8 Å². The Bertz CT molecular complexity index is 913. The molecule has 9 heteroatoms. The zero-order valence-corrected chi connectivity index (χ0v) is 22.1. The van der Waals surface area contributed by atoms with E-state index in [1.54, 1.807) is 26.2 Å². The van der Waals surface area contributed by atoms with Crippen LogP contribution in [0.15, 0.2) is 16.6 Å². The second-order valence-electron chi connectivity index (χ2n) is 10.4. The highest BCUT2D eigenvalue weighted by atomic mass is 79.9. The van der Waals surface area contributed by atoms with Gasteiger partial charge in [0.25, 0.3) is 0 Å². The molecule has 8 atom stereocenters. The lowest BCUT2D eigenvalue weighted by atomic mass is 9.45. The normalized spacial score (nSPS) is 36.2. The number of aliphatic hydroxyl groups is 2. The molecule has 1 heterocycles. The summed E-state index contributed by atoms with van der Waals surface area (Å²) in [5.74, 6) is 1.02. The second kappa shape index (κ2) is 9.28. The van der Waals surface area contributed by atoms with Crippen molar-refractivity contribution in [2.45, 2.75) is 71.6 Å². The number of hydrogen-bond acceptors (Lipinski definition) is 6. The van der Waals surface area contributed by atoms with Crippen LogP contribution in [0.3, 0.4) is 0 Å². The van der Waals surface area contributed by atoms with Gasteiger partial charge in [-0.25, -0.2) is 0 Å². The van der Waals surface area contributed by atoms with Crippen molar-refractivity contribution in [2.75, 3.05) is 7.11 Å². The van der Waals surface area contributed by atoms with Crippen molar-refractivity contribution in [1.82, 2.24) is 10.4 Å². The van der Waals surface area contributed by atoms with Crippen LogP contribution in [0.5, 0.6) is 5.75 Å². The molecule has 7 nitrogen and oxygen atoms in total. The molecular formula is C24H34BrClN2O5. The lowest BCUT2D eigenvalue weighted by molar-refractivity contribution is -0.231. The molecule has 0 aromatic heterocycles. The number of hydrogen-bond donors (Lipinski definition) is 3. The Balaban J connectivity index is 1.57. The van der Waals surface area contributed by atoms with E-state index in [2.05, 4.69) is 42.0 Å². The van der Waals surface area contributed by atoms with Crippen molar-refractivity contribution in [3.63, 3.8) is 0 Å². The minimum absolute atomic E-state index is 0.0625. The quantitative estimate of drug-likeness (QED) is 0.505. The molecule has 1 aromatic carbocycles. The van der Waals surface area contributed by atoms with Crippen molar-refractivity contribution in [3.05, 3.63) is 27.2 Å². The fourth-order valence-electron chi connectivity index (χ4n) is 6.27. The standard InChI is InChI=1S/C24H34BrClN2O5/c1-11-15-8-13(24(15,3)4)9-18(11)27-22(30)20-19(12(2)29)23(31)33-28(20)10-14-17(26)7-6-16(25)21(14)32-5/h6-7,11-13,15,18-20,23,29,31H,8-10H2,1-5H3,(H,27,30)/t11-,12-,13+,15-,18-,19-,20-,23?/m0/s1. The Kier molecular flexibility index (Phi) is 7.09. The predicted octanol–water partition coefficient (Wildman–Crippen LogP) is 3.73. The van der Waals surface area contributed by atoms with Crippen molar-refractivity contribution < 1.29 is 24.6 Å². The molecule has 3 saturated carbocycles. The number of halogens is 2. The van der Waals surface area contributed by atoms with Gasteiger partial charge in [-0.05, 0) is 71.0 Å². The van der Waals surface area contributed by atoms with E-state index in [0.717, 1.165) is 10.9 Å². The third-order valence-corrected chi connectivity index (χ3v) is 9.41. The molecule has 1 aromatic rings. The monoisotopic (exact) mass is 544 g/mol. The first-order chi connectivity index (χ1) is 15.5. The van der Waals surface area contributed by atoms with Gasteiger partial charge in [-0.3, -0.25) is 9.63 Å². The van der Waals surface area contributed by atoms with Gasteiger partial charge >= 0.3 is 0 Å². The number of nitrogens with one attached hydrogen (secondary N) is 1. The van der Waals surface area contributed by atoms with Gasteiger partial charge in [0.05, 0.1) is 30.1 Å². The van der Waals surface area contributed by atoms with E-state index >= 15 is 0 Å². The molecule has 1 aliphatic heterocycles. The van der Waals surface area contributed by atoms with Crippen LogP contribution in [0.25, 0.3) is 0 Å². The SMILES string of the molecule is COc1c(Br)ccc(Cl)c1CN1OC(O)[C@@H]([C@H](C)O)[C@H]1C(=O)N[C@H]1C[C@H]2C[C@@H]([C@@H]1C)C2(C)C. The molecule has 0 spiro atoms. The van der Waals surface area contributed by atoms with E-state index in [9.17, 15) is 15.0 Å². The van der Waals surface area contributed by atoms with Crippen LogP contribution < -0.4 is 10.1 Å². The van der Waals surface area contributed by atoms with Crippen LogP contribution in [0, 0.1) is 29.1 Å². The Morgan fingerprint density at radius 1 is 1.42 bits per heavy atom. The largest absolute Gasteiger partial charge is 0.495 e. The number of benzene rings is 1. The number of methoxy groups -OCH3 is 1. The van der Waals surface area contributed by atoms with Crippen LogP contribution >= 0.6 is 27.5 Å². The Morgan fingerprint density at radius 3 is 2.70 bits per heavy atom. The van der Waals surface area contributed by atoms with Gasteiger partial charge in [-0.1, -0.05) is 32.4 Å². The second-order valence-corrected chi connectivity index (χ2v) is 11.7. The van der Waals surface area contributed by atoms with Crippen molar-refractivity contribution >= 4 is 33.4 Å². The van der Waals surface area contributed by atoms with E-state index in [1.165, 1.54) is 11.5 Å². The van der Waals surface area contributed by atoms with Gasteiger partial charge in [0.15, 0.2) is 6.29 Å². The maximum atomic E-state index is 13.6. The van der Waals surface area contributed by atoms with Gasteiger partial charge in [-0.15, -0.1) is 0 Å². The highest BCUT2D eigenvalue weighted by Gasteiger charge is 2.57. The molecule has 184 valence electrons. The van der Waals surface area contributed by atoms with Crippen molar-refractivity contribution in [1.29, 1.82) is 0 Å². The highest BCUT2D eigenvalue weighted by Crippen LogP contribution is 2.61. The van der Waals surface area contributed by atoms with Gasteiger partial charge in [0.1, 0.15) is 11.8 Å². The molecule has 4 fully saturated rings. The molecule has 3 aliphatic carbocycles. The molecule has 1 amide bonds. The average molecular weight is 546 g/mol. The summed E-state index contributed by atoms with van der Waals surface area (Å²) in [4.78, 5) is 19.3. The van der Waals surface area contributed by atoms with E-state index in [0.29, 0.717) is 39.5 Å². The molecule has 1 unspecified atom stereocenters. The summed E-state index contributed by atoms with van der Waals surface area (Å²) >= 11 is 9.91. The highest BCUT2D eigenvalue weighted by molar-refractivity contribution is 9.10. The van der Waals surface area contributed by atoms with Gasteiger partial charge in [0.2, 0.25) is 5.91 Å². The summed E-state index contributed by atoms with van der Waals surface area (Å²) < 4.78 is 6.23. The van der Waals surface area contributed by atoms with E-state index < -0.39 is 24.4 Å². The molecule has 3 N–H and O–H groups in total. The summed E-state index contributed by atoms with van der Waals surface area (Å²) in [5.41, 5.74) is 0.939. The number of amides is 1. The maximum absolute atomic E-state index is 13.6. The van der Waals surface area contributed by atoms with E-state index in [4.69, 9.17) is 21.2 Å². The summed E-state index contributed by atoms with van der Waals surface area (Å²) in [7, 11) is 1.54. The minimum atomic E-state index is -1.31. The number of nitrogens with zero attached hydrogens (tertiary/aromatic N) is 1.